The average molecular weight is 457 g/mol. The summed E-state index contributed by atoms with van der Waals surface area (Å²) in [5, 5.41) is 5.02. The maximum absolute atomic E-state index is 13.0. The minimum Gasteiger partial charge on any atom is -0.496 e. The van der Waals surface area contributed by atoms with E-state index in [1.165, 1.54) is 23.5 Å². The number of likely N-dealkylation sites (N-methyl/N-ethyl adjacent to an activating group) is 1. The van der Waals surface area contributed by atoms with Gasteiger partial charge >= 0.3 is 11.8 Å². The van der Waals surface area contributed by atoms with Crippen molar-refractivity contribution in [1.29, 1.82) is 0 Å². The van der Waals surface area contributed by atoms with Crippen molar-refractivity contribution in [2.75, 3.05) is 53.0 Å². The van der Waals surface area contributed by atoms with Crippen molar-refractivity contribution in [3.05, 3.63) is 23.8 Å². The first-order valence-corrected chi connectivity index (χ1v) is 11.7. The summed E-state index contributed by atoms with van der Waals surface area (Å²) in [7, 11) is -2.32. The molecule has 1 aromatic rings. The number of nitrogens with zero attached hydrogens (tertiary/aromatic N) is 2. The largest absolute Gasteiger partial charge is 0.496 e. The van der Waals surface area contributed by atoms with Gasteiger partial charge in [-0.1, -0.05) is 13.8 Å². The van der Waals surface area contributed by atoms with Gasteiger partial charge in [-0.05, 0) is 43.8 Å². The van der Waals surface area contributed by atoms with Crippen LogP contribution in [0.3, 0.4) is 0 Å². The summed E-state index contributed by atoms with van der Waals surface area (Å²) >= 11 is 0. The molecule has 1 saturated heterocycles. The second-order valence-corrected chi connectivity index (χ2v) is 8.96. The summed E-state index contributed by atoms with van der Waals surface area (Å²) in [4.78, 5) is 26.3. The molecule has 2 amide bonds. The van der Waals surface area contributed by atoms with Crippen molar-refractivity contribution in [3.63, 3.8) is 0 Å². The van der Waals surface area contributed by atoms with Gasteiger partial charge in [0.25, 0.3) is 0 Å². The Bertz CT molecular complexity index is 872. The number of hydrogen-bond donors (Lipinski definition) is 2. The zero-order valence-corrected chi connectivity index (χ0v) is 19.3. The molecule has 0 aromatic heterocycles. The molecule has 31 heavy (non-hydrogen) atoms. The fourth-order valence-corrected chi connectivity index (χ4v) is 4.89. The maximum atomic E-state index is 13.0. The SMILES string of the molecule is CCN(CC)CCNC(=O)C(=O)NC[C@@H]1OCCN1S(=O)(=O)c1ccc(OC)c(C)c1. The van der Waals surface area contributed by atoms with Crippen molar-refractivity contribution >= 4 is 21.8 Å². The van der Waals surface area contributed by atoms with E-state index in [0.29, 0.717) is 24.4 Å². The lowest BCUT2D eigenvalue weighted by Gasteiger charge is -2.23. The van der Waals surface area contributed by atoms with Crippen LogP contribution in [0.15, 0.2) is 23.1 Å². The first kappa shape index (κ1) is 25.1. The lowest BCUT2D eigenvalue weighted by molar-refractivity contribution is -0.139. The molecular weight excluding hydrogens is 424 g/mol. The number of benzene rings is 1. The Balaban J connectivity index is 1.94. The predicted octanol–water partition coefficient (Wildman–Crippen LogP) is -0.0752. The molecule has 1 aromatic carbocycles. The summed E-state index contributed by atoms with van der Waals surface area (Å²) in [5.41, 5.74) is 0.690. The van der Waals surface area contributed by atoms with Crippen LogP contribution in [0.1, 0.15) is 19.4 Å². The van der Waals surface area contributed by atoms with Crippen LogP contribution in [0.5, 0.6) is 5.75 Å². The smallest absolute Gasteiger partial charge is 0.309 e. The molecule has 0 aliphatic carbocycles. The van der Waals surface area contributed by atoms with Crippen molar-refractivity contribution in [3.8, 4) is 5.75 Å². The Morgan fingerprint density at radius 3 is 2.52 bits per heavy atom. The first-order chi connectivity index (χ1) is 14.7. The third-order valence-electron chi connectivity index (χ3n) is 5.17. The van der Waals surface area contributed by atoms with E-state index in [-0.39, 0.29) is 24.6 Å². The lowest BCUT2D eigenvalue weighted by Crippen LogP contribution is -2.48. The van der Waals surface area contributed by atoms with Crippen LogP contribution in [0.4, 0.5) is 0 Å². The Kier molecular flexibility index (Phi) is 9.23. The molecule has 1 heterocycles. The summed E-state index contributed by atoms with van der Waals surface area (Å²) in [6.07, 6.45) is -0.889. The van der Waals surface area contributed by atoms with Crippen molar-refractivity contribution in [1.82, 2.24) is 19.8 Å². The van der Waals surface area contributed by atoms with Gasteiger partial charge in [-0.3, -0.25) is 9.59 Å². The van der Waals surface area contributed by atoms with Crippen molar-refractivity contribution < 1.29 is 27.5 Å². The van der Waals surface area contributed by atoms with E-state index in [0.717, 1.165) is 13.1 Å². The third-order valence-corrected chi connectivity index (χ3v) is 7.05. The van der Waals surface area contributed by atoms with E-state index in [1.54, 1.807) is 13.0 Å². The van der Waals surface area contributed by atoms with Gasteiger partial charge in [-0.15, -0.1) is 0 Å². The Morgan fingerprint density at radius 2 is 1.90 bits per heavy atom. The molecule has 1 atom stereocenters. The minimum absolute atomic E-state index is 0.113. The second kappa shape index (κ2) is 11.4. The predicted molar refractivity (Wildman–Crippen MR) is 115 cm³/mol. The van der Waals surface area contributed by atoms with Gasteiger partial charge in [0.1, 0.15) is 12.0 Å². The van der Waals surface area contributed by atoms with Crippen molar-refractivity contribution in [2.24, 2.45) is 0 Å². The highest BCUT2D eigenvalue weighted by Gasteiger charge is 2.37. The molecule has 2 rings (SSSR count). The number of nitrogens with one attached hydrogen (secondary N) is 2. The highest BCUT2D eigenvalue weighted by atomic mass is 32.2. The summed E-state index contributed by atoms with van der Waals surface area (Å²) in [6.45, 7) is 8.74. The summed E-state index contributed by atoms with van der Waals surface area (Å²) in [6, 6.07) is 4.60. The van der Waals surface area contributed by atoms with E-state index >= 15 is 0 Å². The number of carbonyl (C=O) groups excluding carboxylic acids is 2. The number of aryl methyl sites for hydroxylation is 1. The standard InChI is InChI=1S/C20H32N4O6S/c1-5-23(6-2)10-9-21-19(25)20(26)22-14-18-24(11-12-30-18)31(27,28)16-7-8-17(29-4)15(3)13-16/h7-8,13,18H,5-6,9-12,14H2,1-4H3,(H,21,25)(H,22,26)/t18-/m0/s1. The first-order valence-electron chi connectivity index (χ1n) is 10.3. The highest BCUT2D eigenvalue weighted by molar-refractivity contribution is 7.89. The van der Waals surface area contributed by atoms with Crippen molar-refractivity contribution in [2.45, 2.75) is 31.9 Å². The summed E-state index contributed by atoms with van der Waals surface area (Å²) < 4.78 is 37.9. The molecular formula is C20H32N4O6S. The number of ether oxygens (including phenoxy) is 2. The molecule has 1 aliphatic heterocycles. The molecule has 0 saturated carbocycles. The van der Waals surface area contributed by atoms with Gasteiger partial charge in [-0.2, -0.15) is 4.31 Å². The van der Waals surface area contributed by atoms with Gasteiger partial charge in [-0.25, -0.2) is 8.42 Å². The quantitative estimate of drug-likeness (QED) is 0.473. The number of hydrogen-bond acceptors (Lipinski definition) is 7. The number of amides is 2. The topological polar surface area (TPSA) is 117 Å². The van der Waals surface area contributed by atoms with Gasteiger partial charge in [0, 0.05) is 19.6 Å². The monoisotopic (exact) mass is 456 g/mol. The lowest BCUT2D eigenvalue weighted by atomic mass is 10.2. The molecule has 11 heteroatoms. The van der Waals surface area contributed by atoms with Gasteiger partial charge in [0.05, 0.1) is 25.2 Å². The van der Waals surface area contributed by atoms with E-state index in [4.69, 9.17) is 9.47 Å². The molecule has 0 bridgehead atoms. The third kappa shape index (κ3) is 6.39. The van der Waals surface area contributed by atoms with Crippen LogP contribution in [-0.2, 0) is 24.3 Å². The van der Waals surface area contributed by atoms with Crippen LogP contribution < -0.4 is 15.4 Å². The zero-order chi connectivity index (χ0) is 23.0. The van der Waals surface area contributed by atoms with Crippen LogP contribution in [0.2, 0.25) is 0 Å². The zero-order valence-electron chi connectivity index (χ0n) is 18.5. The molecule has 0 radical (unpaired) electrons. The Labute approximate surface area is 183 Å². The van der Waals surface area contributed by atoms with Gasteiger partial charge in [0.15, 0.2) is 0 Å². The number of rotatable bonds is 10. The normalized spacial score (nSPS) is 17.0. The van der Waals surface area contributed by atoms with E-state index in [1.807, 2.05) is 13.8 Å². The Morgan fingerprint density at radius 1 is 1.23 bits per heavy atom. The van der Waals surface area contributed by atoms with Crippen LogP contribution >= 0.6 is 0 Å². The van der Waals surface area contributed by atoms with Crippen LogP contribution in [0.25, 0.3) is 0 Å². The maximum Gasteiger partial charge on any atom is 0.309 e. The number of methoxy groups -OCH3 is 1. The van der Waals surface area contributed by atoms with Crippen LogP contribution in [0, 0.1) is 6.92 Å². The van der Waals surface area contributed by atoms with E-state index in [2.05, 4.69) is 15.5 Å². The molecule has 0 spiro atoms. The second-order valence-electron chi connectivity index (χ2n) is 7.07. The molecule has 2 N–H and O–H groups in total. The van der Waals surface area contributed by atoms with Crippen LogP contribution in [-0.4, -0.2) is 88.7 Å². The molecule has 10 nitrogen and oxygen atoms in total. The van der Waals surface area contributed by atoms with E-state index < -0.39 is 28.1 Å². The molecule has 1 aliphatic rings. The number of sulfonamides is 1. The average Bonchev–Trinajstić information content (AvgIpc) is 3.24. The number of carbonyl (C=O) groups is 2. The summed E-state index contributed by atoms with van der Waals surface area (Å²) in [5.74, 6) is -0.995. The fourth-order valence-electron chi connectivity index (χ4n) is 3.30. The molecule has 174 valence electrons. The fraction of sp³-hybridized carbons (Fsp3) is 0.600. The van der Waals surface area contributed by atoms with Gasteiger partial charge in [0.2, 0.25) is 10.0 Å². The molecule has 1 fully saturated rings. The highest BCUT2D eigenvalue weighted by Crippen LogP contribution is 2.26. The van der Waals surface area contributed by atoms with E-state index in [9.17, 15) is 18.0 Å². The molecule has 0 unspecified atom stereocenters. The van der Waals surface area contributed by atoms with Gasteiger partial charge < -0.3 is 25.0 Å². The Hall–Kier alpha value is -2.21. The minimum atomic E-state index is -3.84.